The molecule has 3 N–H and O–H groups in total. The Labute approximate surface area is 139 Å². The number of fused-ring (bicyclic) bond motifs is 1. The highest BCUT2D eigenvalue weighted by Gasteiger charge is 2.23. The third kappa shape index (κ3) is 4.58. The molecule has 0 spiro atoms. The molecule has 1 aromatic carbocycles. The van der Waals surface area contributed by atoms with Gasteiger partial charge in [-0.15, -0.1) is 0 Å². The quantitative estimate of drug-likeness (QED) is 0.637. The third-order valence-corrected chi connectivity index (χ3v) is 3.71. The highest BCUT2D eigenvalue weighted by Crippen LogP contribution is 2.19. The Bertz CT molecular complexity index is 737. The molecule has 0 aliphatic carbocycles. The number of para-hydroxylation sites is 1. The van der Waals surface area contributed by atoms with Crippen molar-refractivity contribution in [2.75, 3.05) is 7.11 Å². The number of aromatic amines is 1. The summed E-state index contributed by atoms with van der Waals surface area (Å²) >= 11 is 0. The number of H-pyrrole nitrogens is 1. The van der Waals surface area contributed by atoms with Gasteiger partial charge in [0.1, 0.15) is 6.04 Å². The van der Waals surface area contributed by atoms with E-state index in [2.05, 4.69) is 10.3 Å². The zero-order valence-electron chi connectivity index (χ0n) is 13.4. The van der Waals surface area contributed by atoms with Gasteiger partial charge in [0, 0.05) is 36.4 Å². The zero-order valence-corrected chi connectivity index (χ0v) is 13.4. The van der Waals surface area contributed by atoms with Gasteiger partial charge < -0.3 is 20.1 Å². The molecule has 1 amide bonds. The van der Waals surface area contributed by atoms with Gasteiger partial charge in [-0.1, -0.05) is 18.2 Å². The molecule has 0 radical (unpaired) electrons. The van der Waals surface area contributed by atoms with Crippen LogP contribution in [0.3, 0.4) is 0 Å². The number of carbonyl (C=O) groups excluding carboxylic acids is 2. The number of nitrogens with one attached hydrogen (secondary N) is 2. The van der Waals surface area contributed by atoms with E-state index in [1.54, 1.807) is 6.20 Å². The van der Waals surface area contributed by atoms with Crippen LogP contribution in [0.2, 0.25) is 0 Å². The molecule has 0 aliphatic rings. The molecule has 1 atom stereocenters. The van der Waals surface area contributed by atoms with Gasteiger partial charge in [0.15, 0.2) is 0 Å². The standard InChI is InChI=1S/C17H20N2O5/c1-24-17(23)14(19-15(20)7-4-8-16(21)22)9-11-10-18-13-6-3-2-5-12(11)13/h2-3,5-6,10,14,18H,4,7-9H2,1H3,(H,19,20)(H,21,22). The second kappa shape index (κ2) is 8.14. The number of carboxylic acid groups (broad SMARTS) is 1. The largest absolute Gasteiger partial charge is 0.481 e. The number of carbonyl (C=O) groups is 3. The number of ether oxygens (including phenoxy) is 1. The average molecular weight is 332 g/mol. The lowest BCUT2D eigenvalue weighted by Gasteiger charge is -2.16. The maximum atomic E-state index is 12.0. The van der Waals surface area contributed by atoms with Crippen LogP contribution in [-0.2, 0) is 25.5 Å². The predicted molar refractivity (Wildman–Crippen MR) is 87.4 cm³/mol. The Morgan fingerprint density at radius 2 is 2.00 bits per heavy atom. The molecule has 128 valence electrons. The zero-order chi connectivity index (χ0) is 17.5. The molecule has 0 aliphatic heterocycles. The number of carboxylic acids is 1. The predicted octanol–water partition coefficient (Wildman–Crippen LogP) is 1.62. The van der Waals surface area contributed by atoms with Crippen LogP contribution in [0, 0.1) is 0 Å². The van der Waals surface area contributed by atoms with Crippen molar-refractivity contribution in [1.29, 1.82) is 0 Å². The number of hydrogen-bond donors (Lipinski definition) is 3. The van der Waals surface area contributed by atoms with Crippen LogP contribution in [-0.4, -0.2) is 41.1 Å². The summed E-state index contributed by atoms with van der Waals surface area (Å²) in [6, 6.07) is 6.86. The van der Waals surface area contributed by atoms with Crippen molar-refractivity contribution in [3.05, 3.63) is 36.0 Å². The lowest BCUT2D eigenvalue weighted by atomic mass is 10.0. The van der Waals surface area contributed by atoms with Crippen LogP contribution in [0.4, 0.5) is 0 Å². The molecular formula is C17H20N2O5. The van der Waals surface area contributed by atoms with Crippen LogP contribution in [0.25, 0.3) is 10.9 Å². The van der Waals surface area contributed by atoms with Gasteiger partial charge in [-0.2, -0.15) is 0 Å². The van der Waals surface area contributed by atoms with Gasteiger partial charge in [0.05, 0.1) is 7.11 Å². The SMILES string of the molecule is COC(=O)C(Cc1c[nH]c2ccccc12)NC(=O)CCCC(=O)O. The molecule has 7 nitrogen and oxygen atoms in total. The minimum absolute atomic E-state index is 0.0493. The molecular weight excluding hydrogens is 312 g/mol. The molecule has 0 saturated carbocycles. The maximum absolute atomic E-state index is 12.0. The van der Waals surface area contributed by atoms with Crippen LogP contribution in [0.15, 0.2) is 30.5 Å². The van der Waals surface area contributed by atoms with E-state index in [4.69, 9.17) is 9.84 Å². The Morgan fingerprint density at radius 3 is 2.71 bits per heavy atom. The summed E-state index contributed by atoms with van der Waals surface area (Å²) in [6.45, 7) is 0. The lowest BCUT2D eigenvalue weighted by Crippen LogP contribution is -2.43. The van der Waals surface area contributed by atoms with E-state index in [1.807, 2.05) is 24.3 Å². The van der Waals surface area contributed by atoms with Gasteiger partial charge in [-0.3, -0.25) is 9.59 Å². The summed E-state index contributed by atoms with van der Waals surface area (Å²) < 4.78 is 4.76. The maximum Gasteiger partial charge on any atom is 0.328 e. The minimum Gasteiger partial charge on any atom is -0.481 e. The average Bonchev–Trinajstić information content (AvgIpc) is 2.96. The van der Waals surface area contributed by atoms with Crippen molar-refractivity contribution in [3.63, 3.8) is 0 Å². The first-order valence-electron chi connectivity index (χ1n) is 7.65. The summed E-state index contributed by atoms with van der Waals surface area (Å²) in [5, 5.41) is 12.2. The van der Waals surface area contributed by atoms with E-state index in [1.165, 1.54) is 7.11 Å². The van der Waals surface area contributed by atoms with Crippen LogP contribution >= 0.6 is 0 Å². The van der Waals surface area contributed by atoms with Crippen molar-refractivity contribution >= 4 is 28.7 Å². The second-order valence-corrected chi connectivity index (χ2v) is 5.45. The van der Waals surface area contributed by atoms with Gasteiger partial charge in [-0.25, -0.2) is 4.79 Å². The van der Waals surface area contributed by atoms with E-state index in [0.29, 0.717) is 6.42 Å². The number of methoxy groups -OCH3 is 1. The first-order chi connectivity index (χ1) is 11.5. The highest BCUT2D eigenvalue weighted by atomic mass is 16.5. The van der Waals surface area contributed by atoms with E-state index in [9.17, 15) is 14.4 Å². The number of amides is 1. The first-order valence-corrected chi connectivity index (χ1v) is 7.65. The van der Waals surface area contributed by atoms with Gasteiger partial charge >= 0.3 is 11.9 Å². The molecule has 2 aromatic rings. The molecule has 7 heteroatoms. The van der Waals surface area contributed by atoms with Crippen LogP contribution < -0.4 is 5.32 Å². The van der Waals surface area contributed by atoms with E-state index in [-0.39, 0.29) is 25.2 Å². The number of benzene rings is 1. The van der Waals surface area contributed by atoms with E-state index in [0.717, 1.165) is 16.5 Å². The summed E-state index contributed by atoms with van der Waals surface area (Å²) in [5.74, 6) is -1.86. The Balaban J connectivity index is 2.04. The summed E-state index contributed by atoms with van der Waals surface area (Å²) in [7, 11) is 1.27. The number of aliphatic carboxylic acids is 1. The molecule has 1 unspecified atom stereocenters. The topological polar surface area (TPSA) is 108 Å². The third-order valence-electron chi connectivity index (χ3n) is 3.71. The second-order valence-electron chi connectivity index (χ2n) is 5.45. The number of esters is 1. The lowest BCUT2D eigenvalue weighted by molar-refractivity contribution is -0.145. The fourth-order valence-corrected chi connectivity index (χ4v) is 2.52. The van der Waals surface area contributed by atoms with Gasteiger partial charge in [-0.05, 0) is 18.1 Å². The first kappa shape index (κ1) is 17.5. The fourth-order valence-electron chi connectivity index (χ4n) is 2.52. The summed E-state index contributed by atoms with van der Waals surface area (Å²) in [5.41, 5.74) is 1.84. The number of aromatic nitrogens is 1. The highest BCUT2D eigenvalue weighted by molar-refractivity contribution is 5.87. The van der Waals surface area contributed by atoms with Crippen molar-refractivity contribution in [2.45, 2.75) is 31.7 Å². The van der Waals surface area contributed by atoms with Gasteiger partial charge in [0.2, 0.25) is 5.91 Å². The Kier molecular flexibility index (Phi) is 5.95. The number of rotatable bonds is 8. The van der Waals surface area contributed by atoms with E-state index >= 15 is 0 Å². The van der Waals surface area contributed by atoms with Crippen LogP contribution in [0.1, 0.15) is 24.8 Å². The molecule has 24 heavy (non-hydrogen) atoms. The monoisotopic (exact) mass is 332 g/mol. The van der Waals surface area contributed by atoms with Crippen molar-refractivity contribution in [2.24, 2.45) is 0 Å². The molecule has 1 heterocycles. The fraction of sp³-hybridized carbons (Fsp3) is 0.353. The van der Waals surface area contributed by atoms with Gasteiger partial charge in [0.25, 0.3) is 0 Å². The smallest absolute Gasteiger partial charge is 0.328 e. The summed E-state index contributed by atoms with van der Waals surface area (Å²) in [4.78, 5) is 37.5. The molecule has 0 bridgehead atoms. The van der Waals surface area contributed by atoms with Crippen LogP contribution in [0.5, 0.6) is 0 Å². The molecule has 2 rings (SSSR count). The van der Waals surface area contributed by atoms with E-state index < -0.39 is 18.0 Å². The molecule has 1 aromatic heterocycles. The molecule has 0 saturated heterocycles. The Hall–Kier alpha value is -2.83. The van der Waals surface area contributed by atoms with Crippen molar-refractivity contribution in [3.8, 4) is 0 Å². The summed E-state index contributed by atoms with van der Waals surface area (Å²) in [6.07, 6.45) is 2.28. The Morgan fingerprint density at radius 1 is 1.25 bits per heavy atom. The number of hydrogen-bond acceptors (Lipinski definition) is 4. The van der Waals surface area contributed by atoms with Crippen molar-refractivity contribution < 1.29 is 24.2 Å². The molecule has 0 fully saturated rings. The normalized spacial score (nSPS) is 11.9. The van der Waals surface area contributed by atoms with Crippen molar-refractivity contribution in [1.82, 2.24) is 10.3 Å². The minimum atomic E-state index is -0.953.